The van der Waals surface area contributed by atoms with Crippen molar-refractivity contribution >= 4 is 27.5 Å². The third-order valence-corrected chi connectivity index (χ3v) is 7.19. The zero-order valence-corrected chi connectivity index (χ0v) is 21.2. The maximum Gasteiger partial charge on any atom is 0.420 e. The summed E-state index contributed by atoms with van der Waals surface area (Å²) in [5, 5.41) is 8.18. The van der Waals surface area contributed by atoms with Gasteiger partial charge in [-0.2, -0.15) is 23.4 Å². The molecule has 0 bridgehead atoms. The first-order valence-electron chi connectivity index (χ1n) is 11.8. The Hall–Kier alpha value is -3.39. The van der Waals surface area contributed by atoms with Gasteiger partial charge in [0, 0.05) is 36.8 Å². The molecule has 0 saturated carbocycles. The summed E-state index contributed by atoms with van der Waals surface area (Å²) >= 11 is 1.36. The Morgan fingerprint density at radius 2 is 1.84 bits per heavy atom. The molecular weight excluding hydrogens is 529 g/mol. The smallest absolute Gasteiger partial charge is 0.299 e. The lowest BCUT2D eigenvalue weighted by Gasteiger charge is -2.44. The van der Waals surface area contributed by atoms with Crippen LogP contribution < -0.4 is 0 Å². The highest BCUT2D eigenvalue weighted by atomic mass is 32.1. The van der Waals surface area contributed by atoms with E-state index in [1.165, 1.54) is 29.9 Å². The molecule has 1 aliphatic heterocycles. The molecule has 4 aromatic heterocycles. The summed E-state index contributed by atoms with van der Waals surface area (Å²) in [4.78, 5) is 29.0. The summed E-state index contributed by atoms with van der Waals surface area (Å²) in [6, 6.07) is 0.469. The van der Waals surface area contributed by atoms with Crippen molar-refractivity contribution in [1.29, 1.82) is 0 Å². The van der Waals surface area contributed by atoms with Crippen molar-refractivity contribution in [3.8, 4) is 5.82 Å². The average Bonchev–Trinajstić information content (AvgIpc) is 3.48. The van der Waals surface area contributed by atoms with Crippen molar-refractivity contribution in [1.82, 2.24) is 34.8 Å². The van der Waals surface area contributed by atoms with Gasteiger partial charge in [-0.1, -0.05) is 18.3 Å². The molecule has 1 aliphatic rings. The van der Waals surface area contributed by atoms with Gasteiger partial charge in [-0.3, -0.25) is 9.69 Å². The Balaban J connectivity index is 1.44. The fraction of sp³-hybridized carbons (Fsp3) is 0.417. The number of nitrogens with zero attached hydrogens (tertiary/aromatic N) is 7. The second-order valence-corrected chi connectivity index (χ2v) is 10.4. The summed E-state index contributed by atoms with van der Waals surface area (Å²) < 4.78 is 68.6. The van der Waals surface area contributed by atoms with E-state index in [4.69, 9.17) is 0 Å². The standard InChI is InChI=1S/C24H22F5N7OS/c1-3-18(35-11-23(25,26)12-35)19-15(10-31-22-20(19)34-13(2)38-22)8-16(37)6-14-7-17(24(27,28)29)21(30-9-14)36-32-4-5-33-36/h4-5,7,9-10,18H,3,6,8,11-12H2,1-2H3. The Morgan fingerprint density at radius 3 is 2.47 bits per heavy atom. The van der Waals surface area contributed by atoms with Crippen LogP contribution >= 0.6 is 11.3 Å². The molecule has 1 saturated heterocycles. The number of thiazole rings is 1. The fourth-order valence-electron chi connectivity index (χ4n) is 4.76. The van der Waals surface area contributed by atoms with Crippen LogP contribution in [0.2, 0.25) is 0 Å². The second kappa shape index (κ2) is 9.73. The first-order valence-corrected chi connectivity index (χ1v) is 12.6. The summed E-state index contributed by atoms with van der Waals surface area (Å²) in [6.45, 7) is 2.90. The fourth-order valence-corrected chi connectivity index (χ4v) is 5.53. The van der Waals surface area contributed by atoms with E-state index in [2.05, 4.69) is 25.1 Å². The molecule has 0 aliphatic carbocycles. The van der Waals surface area contributed by atoms with Gasteiger partial charge in [-0.25, -0.2) is 23.7 Å². The normalized spacial score (nSPS) is 16.5. The number of carbonyl (C=O) groups is 1. The monoisotopic (exact) mass is 551 g/mol. The lowest BCUT2D eigenvalue weighted by molar-refractivity contribution is -0.147. The molecule has 0 radical (unpaired) electrons. The Kier molecular flexibility index (Phi) is 6.71. The number of rotatable bonds is 8. The van der Waals surface area contributed by atoms with Crippen molar-refractivity contribution in [2.75, 3.05) is 13.1 Å². The minimum Gasteiger partial charge on any atom is -0.299 e. The Labute approximate surface area is 217 Å². The highest BCUT2D eigenvalue weighted by Crippen LogP contribution is 2.40. The van der Waals surface area contributed by atoms with Crippen molar-refractivity contribution in [3.05, 3.63) is 58.1 Å². The van der Waals surface area contributed by atoms with Crippen molar-refractivity contribution in [2.24, 2.45) is 0 Å². The first-order chi connectivity index (χ1) is 17.9. The number of likely N-dealkylation sites (tertiary alicyclic amines) is 1. The number of fused-ring (bicyclic) bond motifs is 1. The van der Waals surface area contributed by atoms with Crippen LogP contribution in [0.25, 0.3) is 16.2 Å². The van der Waals surface area contributed by atoms with Crippen LogP contribution in [0.4, 0.5) is 22.0 Å². The molecule has 5 heterocycles. The minimum atomic E-state index is -4.74. The van der Waals surface area contributed by atoms with Crippen LogP contribution in [0.3, 0.4) is 0 Å². The van der Waals surface area contributed by atoms with Crippen LogP contribution in [0.1, 0.15) is 46.6 Å². The molecule has 0 spiro atoms. The largest absolute Gasteiger partial charge is 0.420 e. The highest BCUT2D eigenvalue weighted by molar-refractivity contribution is 7.18. The van der Waals surface area contributed by atoms with Gasteiger partial charge in [0.2, 0.25) is 0 Å². The third kappa shape index (κ3) is 5.14. The lowest BCUT2D eigenvalue weighted by Crippen LogP contribution is -2.57. The van der Waals surface area contributed by atoms with E-state index >= 15 is 0 Å². The summed E-state index contributed by atoms with van der Waals surface area (Å²) in [5.41, 5.74) is 0.770. The van der Waals surface area contributed by atoms with Crippen LogP contribution in [0.15, 0.2) is 30.9 Å². The Morgan fingerprint density at radius 1 is 1.13 bits per heavy atom. The number of hydrogen-bond donors (Lipinski definition) is 0. The number of ketones is 1. The molecule has 14 heteroatoms. The predicted molar refractivity (Wildman–Crippen MR) is 128 cm³/mol. The highest BCUT2D eigenvalue weighted by Gasteiger charge is 2.47. The number of carbonyl (C=O) groups excluding carboxylic acids is 1. The summed E-state index contributed by atoms with van der Waals surface area (Å²) in [7, 11) is 0. The quantitative estimate of drug-likeness (QED) is 0.292. The number of aryl methyl sites for hydroxylation is 1. The van der Waals surface area contributed by atoms with E-state index in [0.717, 1.165) is 15.9 Å². The first kappa shape index (κ1) is 26.2. The van der Waals surface area contributed by atoms with Crippen molar-refractivity contribution < 1.29 is 26.7 Å². The zero-order valence-electron chi connectivity index (χ0n) is 20.3. The van der Waals surface area contributed by atoms with E-state index in [-0.39, 0.29) is 24.2 Å². The number of Topliss-reactive ketones (excluding diaryl/α,β-unsaturated/α-hetero) is 1. The molecule has 8 nitrogen and oxygen atoms in total. The van der Waals surface area contributed by atoms with Crippen molar-refractivity contribution in [2.45, 2.75) is 51.3 Å². The predicted octanol–water partition coefficient (Wildman–Crippen LogP) is 4.75. The van der Waals surface area contributed by atoms with Crippen LogP contribution in [-0.2, 0) is 23.8 Å². The minimum absolute atomic E-state index is 0.0766. The molecule has 200 valence electrons. The van der Waals surface area contributed by atoms with Crippen LogP contribution in [0, 0.1) is 6.92 Å². The Bertz CT molecular complexity index is 1480. The number of aromatic nitrogens is 6. The molecule has 4 aromatic rings. The maximum atomic E-state index is 13.7. The van der Waals surface area contributed by atoms with Crippen LogP contribution in [0.5, 0.6) is 0 Å². The number of halogens is 5. The van der Waals surface area contributed by atoms with Gasteiger partial charge in [-0.15, -0.1) is 4.80 Å². The molecule has 0 N–H and O–H groups in total. The van der Waals surface area contributed by atoms with Gasteiger partial charge in [0.15, 0.2) is 5.82 Å². The molecule has 1 unspecified atom stereocenters. The van der Waals surface area contributed by atoms with Gasteiger partial charge >= 0.3 is 6.18 Å². The number of hydrogen-bond acceptors (Lipinski definition) is 8. The maximum absolute atomic E-state index is 13.7. The topological polar surface area (TPSA) is 89.7 Å². The van der Waals surface area contributed by atoms with Crippen LogP contribution in [-0.4, -0.2) is 59.6 Å². The third-order valence-electron chi connectivity index (χ3n) is 6.31. The van der Waals surface area contributed by atoms with Gasteiger partial charge < -0.3 is 0 Å². The summed E-state index contributed by atoms with van der Waals surface area (Å²) in [6.07, 6.45) is 0.512. The molecule has 1 fully saturated rings. The molecule has 0 amide bonds. The molecule has 0 aromatic carbocycles. The number of alkyl halides is 5. The van der Waals surface area contributed by atoms with E-state index < -0.39 is 42.6 Å². The second-order valence-electron chi connectivity index (χ2n) is 9.19. The van der Waals surface area contributed by atoms with E-state index in [1.807, 2.05) is 13.8 Å². The number of pyridine rings is 2. The van der Waals surface area contributed by atoms with E-state index in [0.29, 0.717) is 27.9 Å². The van der Waals surface area contributed by atoms with Gasteiger partial charge in [0.25, 0.3) is 5.92 Å². The van der Waals surface area contributed by atoms with E-state index in [1.54, 1.807) is 11.1 Å². The molecule has 1 atom stereocenters. The van der Waals surface area contributed by atoms with Gasteiger partial charge in [0.05, 0.1) is 30.5 Å². The van der Waals surface area contributed by atoms with Gasteiger partial charge in [-0.05, 0) is 30.5 Å². The zero-order chi connectivity index (χ0) is 27.2. The van der Waals surface area contributed by atoms with Crippen molar-refractivity contribution in [3.63, 3.8) is 0 Å². The van der Waals surface area contributed by atoms with E-state index in [9.17, 15) is 26.7 Å². The molecule has 38 heavy (non-hydrogen) atoms. The SMILES string of the molecule is CCC(c1c(CC(=O)Cc2cnc(-n3nccn3)c(C(F)(F)F)c2)cnc2sc(C)nc12)N1CC(F)(F)C1. The molecular formula is C24H22F5N7OS. The lowest BCUT2D eigenvalue weighted by atomic mass is 9.91. The van der Waals surface area contributed by atoms with Gasteiger partial charge in [0.1, 0.15) is 21.7 Å². The molecule has 5 rings (SSSR count). The average molecular weight is 552 g/mol. The summed E-state index contributed by atoms with van der Waals surface area (Å²) in [5.74, 6) is -3.64.